The van der Waals surface area contributed by atoms with Crippen LogP contribution in [0.4, 0.5) is 34.1 Å². The molecule has 0 aliphatic heterocycles. The quantitative estimate of drug-likeness (QED) is 0.166. The highest BCUT2D eigenvalue weighted by atomic mass is 15.1. The Morgan fingerprint density at radius 1 is 0.365 bits per heavy atom. The summed E-state index contributed by atoms with van der Waals surface area (Å²) < 4.78 is 0. The van der Waals surface area contributed by atoms with Crippen LogP contribution >= 0.6 is 0 Å². The molecule has 0 saturated heterocycles. The maximum atomic E-state index is 2.39. The molecule has 52 heavy (non-hydrogen) atoms. The maximum absolute atomic E-state index is 2.39. The fourth-order valence-electron chi connectivity index (χ4n) is 7.03. The van der Waals surface area contributed by atoms with Crippen LogP contribution in [0.25, 0.3) is 21.9 Å². The van der Waals surface area contributed by atoms with Crippen LogP contribution in [0.3, 0.4) is 0 Å². The van der Waals surface area contributed by atoms with E-state index in [-0.39, 0.29) is 10.8 Å². The molecule has 0 spiro atoms. The minimum atomic E-state index is 0.0787. The Hall–Kier alpha value is -5.60. The molecule has 0 bridgehead atoms. The Morgan fingerprint density at radius 2 is 0.865 bits per heavy atom. The van der Waals surface area contributed by atoms with E-state index in [2.05, 4.69) is 223 Å². The number of aryl methyl sites for hydroxylation is 2. The van der Waals surface area contributed by atoms with Gasteiger partial charge in [0.2, 0.25) is 0 Å². The van der Waals surface area contributed by atoms with Gasteiger partial charge in [-0.2, -0.15) is 0 Å². The Morgan fingerprint density at radius 3 is 1.40 bits per heavy atom. The molecule has 7 rings (SSSR count). The van der Waals surface area contributed by atoms with Crippen molar-refractivity contribution >= 4 is 44.9 Å². The molecule has 0 heterocycles. The van der Waals surface area contributed by atoms with Gasteiger partial charge in [-0.25, -0.2) is 0 Å². The zero-order valence-corrected chi connectivity index (χ0v) is 31.9. The van der Waals surface area contributed by atoms with E-state index in [1.165, 1.54) is 44.2 Å². The lowest BCUT2D eigenvalue weighted by Gasteiger charge is -2.29. The summed E-state index contributed by atoms with van der Waals surface area (Å²) in [7, 11) is 0. The summed E-state index contributed by atoms with van der Waals surface area (Å²) in [6.45, 7) is 17.9. The fourth-order valence-corrected chi connectivity index (χ4v) is 7.03. The second kappa shape index (κ2) is 13.8. The normalized spacial score (nSPS) is 11.8. The topological polar surface area (TPSA) is 6.48 Å². The highest BCUT2D eigenvalue weighted by Crippen LogP contribution is 2.44. The zero-order valence-electron chi connectivity index (χ0n) is 31.9. The van der Waals surface area contributed by atoms with Crippen molar-refractivity contribution in [2.75, 3.05) is 9.80 Å². The van der Waals surface area contributed by atoms with Crippen molar-refractivity contribution in [1.29, 1.82) is 0 Å². The first-order chi connectivity index (χ1) is 24.8. The highest BCUT2D eigenvalue weighted by Gasteiger charge is 2.21. The molecule has 0 saturated carbocycles. The summed E-state index contributed by atoms with van der Waals surface area (Å²) in [6, 6.07) is 58.3. The van der Waals surface area contributed by atoms with Crippen LogP contribution in [-0.2, 0) is 10.8 Å². The van der Waals surface area contributed by atoms with Gasteiger partial charge in [0.05, 0.1) is 0 Å². The molecule has 0 aliphatic rings. The predicted molar refractivity (Wildman–Crippen MR) is 226 cm³/mol. The number of rotatable bonds is 7. The molecule has 0 N–H and O–H groups in total. The van der Waals surface area contributed by atoms with Crippen molar-refractivity contribution in [3.8, 4) is 11.1 Å². The minimum absolute atomic E-state index is 0.0787. The Labute approximate surface area is 311 Å². The van der Waals surface area contributed by atoms with Crippen molar-refractivity contribution in [1.82, 2.24) is 0 Å². The van der Waals surface area contributed by atoms with Gasteiger partial charge >= 0.3 is 0 Å². The van der Waals surface area contributed by atoms with Gasteiger partial charge in [-0.1, -0.05) is 132 Å². The molecular weight excluding hydrogens is 629 g/mol. The summed E-state index contributed by atoms with van der Waals surface area (Å²) in [5, 5.41) is 2.40. The van der Waals surface area contributed by atoms with E-state index in [0.717, 1.165) is 34.1 Å². The molecule has 0 radical (unpaired) electrons. The van der Waals surface area contributed by atoms with Crippen molar-refractivity contribution in [2.45, 2.75) is 66.2 Å². The predicted octanol–water partition coefficient (Wildman–Crippen LogP) is 14.7. The van der Waals surface area contributed by atoms with E-state index < -0.39 is 0 Å². The van der Waals surface area contributed by atoms with E-state index in [9.17, 15) is 0 Å². The second-order valence-electron chi connectivity index (χ2n) is 16.2. The molecule has 2 nitrogen and oxygen atoms in total. The van der Waals surface area contributed by atoms with Gasteiger partial charge in [-0.05, 0) is 136 Å². The van der Waals surface area contributed by atoms with Crippen LogP contribution in [0.1, 0.15) is 63.8 Å². The number of fused-ring (bicyclic) bond motifs is 1. The molecular formula is C50H50N2. The molecule has 0 amide bonds. The van der Waals surface area contributed by atoms with Crippen LogP contribution in [-0.4, -0.2) is 0 Å². The second-order valence-corrected chi connectivity index (χ2v) is 16.2. The summed E-state index contributed by atoms with van der Waals surface area (Å²) in [4.78, 5) is 4.78. The Kier molecular flexibility index (Phi) is 9.27. The first kappa shape index (κ1) is 34.8. The number of nitrogens with zero attached hydrogens (tertiary/aromatic N) is 2. The van der Waals surface area contributed by atoms with E-state index in [1.54, 1.807) is 0 Å². The zero-order chi connectivity index (χ0) is 36.6. The molecule has 0 aromatic heterocycles. The van der Waals surface area contributed by atoms with E-state index in [4.69, 9.17) is 0 Å². The van der Waals surface area contributed by atoms with Gasteiger partial charge in [0.1, 0.15) is 0 Å². The third-order valence-corrected chi connectivity index (χ3v) is 10.1. The van der Waals surface area contributed by atoms with Gasteiger partial charge in [-0.15, -0.1) is 0 Å². The standard InChI is InChI=1S/C50H50N2/c1-35-17-24-41(25-18-35)51(42-27-20-39(21-28-42)49(3,4)5)46-32-38-19-26-45(33-48(38)47(34-46)37-14-10-9-11-15-37)52(44-16-12-13-36(2)31-44)43-29-22-40(23-30-43)50(6,7)8/h9-34H,1-8H3. The molecule has 0 aliphatic carbocycles. The number of benzene rings is 7. The smallest absolute Gasteiger partial charge is 0.0474 e. The van der Waals surface area contributed by atoms with Crippen LogP contribution < -0.4 is 9.80 Å². The molecule has 260 valence electrons. The number of hydrogen-bond donors (Lipinski definition) is 0. The third kappa shape index (κ3) is 7.25. The van der Waals surface area contributed by atoms with Crippen LogP contribution in [0.15, 0.2) is 158 Å². The molecule has 2 heteroatoms. The molecule has 0 unspecified atom stereocenters. The molecule has 0 fully saturated rings. The van der Waals surface area contributed by atoms with Gasteiger partial charge in [0.25, 0.3) is 0 Å². The molecule has 7 aromatic carbocycles. The van der Waals surface area contributed by atoms with E-state index in [0.29, 0.717) is 0 Å². The number of anilines is 6. The Balaban J connectivity index is 1.43. The van der Waals surface area contributed by atoms with Crippen molar-refractivity contribution in [2.24, 2.45) is 0 Å². The lowest BCUT2D eigenvalue weighted by Crippen LogP contribution is -2.13. The first-order valence-electron chi connectivity index (χ1n) is 18.4. The summed E-state index contributed by atoms with van der Waals surface area (Å²) >= 11 is 0. The fraction of sp³-hybridized carbons (Fsp3) is 0.200. The minimum Gasteiger partial charge on any atom is -0.310 e. The van der Waals surface area contributed by atoms with Gasteiger partial charge in [0, 0.05) is 34.1 Å². The monoisotopic (exact) mass is 678 g/mol. The Bertz CT molecular complexity index is 2300. The number of hydrogen-bond acceptors (Lipinski definition) is 2. The third-order valence-electron chi connectivity index (χ3n) is 10.1. The molecule has 0 atom stereocenters. The van der Waals surface area contributed by atoms with E-state index >= 15 is 0 Å². The van der Waals surface area contributed by atoms with Crippen LogP contribution in [0.5, 0.6) is 0 Å². The van der Waals surface area contributed by atoms with Crippen molar-refractivity contribution < 1.29 is 0 Å². The average molecular weight is 679 g/mol. The van der Waals surface area contributed by atoms with Crippen molar-refractivity contribution in [3.05, 3.63) is 180 Å². The largest absolute Gasteiger partial charge is 0.310 e. The van der Waals surface area contributed by atoms with Gasteiger partial charge in [-0.3, -0.25) is 0 Å². The van der Waals surface area contributed by atoms with Crippen LogP contribution in [0.2, 0.25) is 0 Å². The highest BCUT2D eigenvalue weighted by molar-refractivity contribution is 6.03. The lowest BCUT2D eigenvalue weighted by molar-refractivity contribution is 0.590. The summed E-state index contributed by atoms with van der Waals surface area (Å²) in [5.41, 5.74) is 14.5. The first-order valence-corrected chi connectivity index (χ1v) is 18.4. The van der Waals surface area contributed by atoms with Gasteiger partial charge < -0.3 is 9.80 Å². The van der Waals surface area contributed by atoms with Gasteiger partial charge in [0.15, 0.2) is 0 Å². The van der Waals surface area contributed by atoms with Crippen molar-refractivity contribution in [3.63, 3.8) is 0 Å². The summed E-state index contributed by atoms with van der Waals surface area (Å²) in [5.74, 6) is 0. The lowest BCUT2D eigenvalue weighted by atomic mass is 9.87. The average Bonchev–Trinajstić information content (AvgIpc) is 3.12. The van der Waals surface area contributed by atoms with Crippen LogP contribution in [0, 0.1) is 13.8 Å². The maximum Gasteiger partial charge on any atom is 0.0474 e. The summed E-state index contributed by atoms with van der Waals surface area (Å²) in [6.07, 6.45) is 0. The van der Waals surface area contributed by atoms with E-state index in [1.807, 2.05) is 0 Å². The SMILES string of the molecule is Cc1ccc(N(c2ccc(C(C)(C)C)cc2)c2cc(-c3ccccc3)c3cc(N(c4ccc(C(C)(C)C)cc4)c4cccc(C)c4)ccc3c2)cc1. The molecule has 7 aromatic rings.